The lowest BCUT2D eigenvalue weighted by atomic mass is 9.96. The number of carbonyl (C=O) groups is 1. The Morgan fingerprint density at radius 1 is 1.17 bits per heavy atom. The predicted molar refractivity (Wildman–Crippen MR) is 90.7 cm³/mol. The van der Waals surface area contributed by atoms with Crippen LogP contribution in [0.2, 0.25) is 0 Å². The summed E-state index contributed by atoms with van der Waals surface area (Å²) in [6.45, 7) is 0. The van der Waals surface area contributed by atoms with Gasteiger partial charge in [0.1, 0.15) is 11.4 Å². The van der Waals surface area contributed by atoms with E-state index in [0.29, 0.717) is 23.1 Å². The minimum absolute atomic E-state index is 0.168. The molecular weight excluding hydrogens is 290 g/mol. The molecule has 0 unspecified atom stereocenters. The second kappa shape index (κ2) is 6.40. The van der Waals surface area contributed by atoms with Crippen LogP contribution in [0.25, 0.3) is 10.8 Å². The van der Waals surface area contributed by atoms with Gasteiger partial charge < -0.3 is 4.74 Å². The van der Waals surface area contributed by atoms with Gasteiger partial charge >= 0.3 is 0 Å². The van der Waals surface area contributed by atoms with Gasteiger partial charge in [-0.2, -0.15) is 0 Å². The zero-order valence-corrected chi connectivity index (χ0v) is 12.7. The van der Waals surface area contributed by atoms with Crippen LogP contribution >= 0.6 is 0 Å². The van der Waals surface area contributed by atoms with E-state index < -0.39 is 0 Å². The van der Waals surface area contributed by atoms with Crippen LogP contribution < -0.4 is 0 Å². The molecule has 0 saturated carbocycles. The minimum atomic E-state index is -0.262. The van der Waals surface area contributed by atoms with Gasteiger partial charge in [-0.3, -0.25) is 4.79 Å². The van der Waals surface area contributed by atoms with Crippen molar-refractivity contribution in [3.63, 3.8) is 0 Å². The summed E-state index contributed by atoms with van der Waals surface area (Å²) in [4.78, 5) is 24.3. The summed E-state index contributed by atoms with van der Waals surface area (Å²) in [6.07, 6.45) is 7.94. The lowest BCUT2D eigenvalue weighted by molar-refractivity contribution is 0.102. The molecule has 0 fully saturated rings. The van der Waals surface area contributed by atoms with Crippen molar-refractivity contribution in [2.24, 2.45) is 5.18 Å². The summed E-state index contributed by atoms with van der Waals surface area (Å²) in [7, 11) is 1.52. The zero-order chi connectivity index (χ0) is 16.2. The van der Waals surface area contributed by atoms with E-state index in [1.54, 1.807) is 24.3 Å². The highest BCUT2D eigenvalue weighted by Crippen LogP contribution is 2.33. The van der Waals surface area contributed by atoms with Crippen LogP contribution in [-0.2, 0) is 4.74 Å². The summed E-state index contributed by atoms with van der Waals surface area (Å²) in [5, 5.41) is 4.66. The van der Waals surface area contributed by atoms with Gasteiger partial charge in [0.2, 0.25) is 0 Å². The highest BCUT2D eigenvalue weighted by atomic mass is 16.5. The zero-order valence-electron chi connectivity index (χ0n) is 12.7. The SMILES string of the molecule is COC1=CC=CCC=C1C(=O)c1ccc2ccccc2c1N=O. The lowest BCUT2D eigenvalue weighted by Crippen LogP contribution is -2.08. The van der Waals surface area contributed by atoms with Crippen molar-refractivity contribution < 1.29 is 9.53 Å². The van der Waals surface area contributed by atoms with Gasteiger partial charge in [0, 0.05) is 5.39 Å². The van der Waals surface area contributed by atoms with Gasteiger partial charge in [-0.1, -0.05) is 48.6 Å². The predicted octanol–water partition coefficient (Wildman–Crippen LogP) is 4.84. The van der Waals surface area contributed by atoms with Crippen molar-refractivity contribution in [2.75, 3.05) is 7.11 Å². The van der Waals surface area contributed by atoms with Crippen LogP contribution in [0.5, 0.6) is 0 Å². The third-order valence-electron chi connectivity index (χ3n) is 3.81. The molecule has 0 amide bonds. The van der Waals surface area contributed by atoms with Crippen molar-refractivity contribution >= 4 is 22.2 Å². The molecule has 0 N–H and O–H groups in total. The number of Topliss-reactive ketones (excluding diaryl/α,β-unsaturated/α-hetero) is 1. The Hall–Kier alpha value is -3.01. The van der Waals surface area contributed by atoms with Crippen molar-refractivity contribution in [2.45, 2.75) is 6.42 Å². The summed E-state index contributed by atoms with van der Waals surface area (Å²) in [5.41, 5.74) is 0.897. The molecule has 1 aliphatic rings. The van der Waals surface area contributed by atoms with E-state index in [4.69, 9.17) is 4.74 Å². The van der Waals surface area contributed by atoms with Crippen LogP contribution in [0.15, 0.2) is 77.2 Å². The molecule has 3 rings (SSSR count). The molecule has 2 aromatic carbocycles. The molecule has 0 radical (unpaired) electrons. The molecule has 0 bridgehead atoms. The first-order chi connectivity index (χ1) is 11.3. The smallest absolute Gasteiger partial charge is 0.198 e. The van der Waals surface area contributed by atoms with Crippen LogP contribution in [0.4, 0.5) is 5.69 Å². The average Bonchev–Trinajstić information content (AvgIpc) is 2.85. The quantitative estimate of drug-likeness (QED) is 0.600. The van der Waals surface area contributed by atoms with Crippen LogP contribution in [0.1, 0.15) is 16.8 Å². The Kier molecular flexibility index (Phi) is 4.15. The molecule has 4 nitrogen and oxygen atoms in total. The van der Waals surface area contributed by atoms with Crippen molar-refractivity contribution in [1.82, 2.24) is 0 Å². The maximum atomic E-state index is 12.9. The topological polar surface area (TPSA) is 55.7 Å². The number of methoxy groups -OCH3 is 1. The highest BCUT2D eigenvalue weighted by molar-refractivity contribution is 6.17. The van der Waals surface area contributed by atoms with E-state index in [9.17, 15) is 9.70 Å². The molecule has 2 aromatic rings. The first-order valence-corrected chi connectivity index (χ1v) is 7.27. The van der Waals surface area contributed by atoms with Crippen molar-refractivity contribution in [3.05, 3.63) is 82.5 Å². The first kappa shape index (κ1) is 14.9. The van der Waals surface area contributed by atoms with E-state index in [0.717, 1.165) is 5.39 Å². The lowest BCUT2D eigenvalue weighted by Gasteiger charge is -2.11. The summed E-state index contributed by atoms with van der Waals surface area (Å²) in [5.74, 6) is 0.218. The fourth-order valence-corrected chi connectivity index (χ4v) is 2.67. The molecule has 0 heterocycles. The number of ether oxygens (including phenoxy) is 1. The Morgan fingerprint density at radius 2 is 2.00 bits per heavy atom. The Morgan fingerprint density at radius 3 is 2.78 bits per heavy atom. The fourth-order valence-electron chi connectivity index (χ4n) is 2.67. The molecule has 0 aromatic heterocycles. The molecule has 114 valence electrons. The highest BCUT2D eigenvalue weighted by Gasteiger charge is 2.22. The molecule has 0 spiro atoms. The number of ketones is 1. The Bertz CT molecular complexity index is 875. The van der Waals surface area contributed by atoms with Crippen molar-refractivity contribution in [3.8, 4) is 0 Å². The second-order valence-corrected chi connectivity index (χ2v) is 5.12. The van der Waals surface area contributed by atoms with Gasteiger partial charge in [-0.15, -0.1) is 4.91 Å². The number of hydrogen-bond donors (Lipinski definition) is 0. The van der Waals surface area contributed by atoms with Gasteiger partial charge in [0.05, 0.1) is 18.2 Å². The van der Waals surface area contributed by atoms with Gasteiger partial charge in [-0.05, 0) is 29.1 Å². The van der Waals surface area contributed by atoms with Crippen LogP contribution in [0.3, 0.4) is 0 Å². The van der Waals surface area contributed by atoms with E-state index in [2.05, 4.69) is 5.18 Å². The Balaban J connectivity index is 2.15. The standard InChI is InChI=1S/C19H15NO3/c1-23-17-10-4-2-3-9-15(17)19(21)16-12-11-13-7-5-6-8-14(13)18(16)20-22/h2,4-12H,3H2,1H3. The van der Waals surface area contributed by atoms with E-state index in [1.165, 1.54) is 7.11 Å². The molecule has 0 atom stereocenters. The number of hydrogen-bond acceptors (Lipinski definition) is 4. The number of fused-ring (bicyclic) bond motifs is 1. The van der Waals surface area contributed by atoms with Crippen molar-refractivity contribution in [1.29, 1.82) is 0 Å². The third kappa shape index (κ3) is 2.71. The van der Waals surface area contributed by atoms with E-state index in [1.807, 2.05) is 36.4 Å². The molecule has 4 heteroatoms. The van der Waals surface area contributed by atoms with Gasteiger partial charge in [-0.25, -0.2) is 0 Å². The fraction of sp³-hybridized carbons (Fsp3) is 0.105. The second-order valence-electron chi connectivity index (χ2n) is 5.12. The molecule has 0 aliphatic heterocycles. The maximum Gasteiger partial charge on any atom is 0.198 e. The van der Waals surface area contributed by atoms with E-state index in [-0.39, 0.29) is 17.0 Å². The summed E-state index contributed by atoms with van der Waals surface area (Å²) >= 11 is 0. The summed E-state index contributed by atoms with van der Waals surface area (Å²) in [6, 6.07) is 10.8. The summed E-state index contributed by atoms with van der Waals surface area (Å²) < 4.78 is 5.30. The monoisotopic (exact) mass is 305 g/mol. The number of nitroso groups, excluding NO2 is 1. The van der Waals surface area contributed by atoms with Gasteiger partial charge in [0.15, 0.2) is 5.78 Å². The number of rotatable bonds is 4. The largest absolute Gasteiger partial charge is 0.496 e. The normalized spacial score (nSPS) is 14.0. The Labute approximate surface area is 133 Å². The third-order valence-corrected chi connectivity index (χ3v) is 3.81. The molecule has 23 heavy (non-hydrogen) atoms. The number of nitrogens with zero attached hydrogens (tertiary/aromatic N) is 1. The number of allylic oxidation sites excluding steroid dienone is 5. The molecule has 0 saturated heterocycles. The number of carbonyl (C=O) groups excluding carboxylic acids is 1. The molecular formula is C19H15NO3. The minimum Gasteiger partial charge on any atom is -0.496 e. The molecule has 1 aliphatic carbocycles. The van der Waals surface area contributed by atoms with Crippen LogP contribution in [-0.4, -0.2) is 12.9 Å². The number of benzene rings is 2. The van der Waals surface area contributed by atoms with Gasteiger partial charge in [0.25, 0.3) is 0 Å². The average molecular weight is 305 g/mol. The first-order valence-electron chi connectivity index (χ1n) is 7.27. The maximum absolute atomic E-state index is 12.9. The van der Waals surface area contributed by atoms with Crippen LogP contribution in [0, 0.1) is 4.91 Å². The van der Waals surface area contributed by atoms with E-state index >= 15 is 0 Å².